The molecule has 3 nitrogen and oxygen atoms in total. The Hall–Kier alpha value is -2.33. The summed E-state index contributed by atoms with van der Waals surface area (Å²) in [4.78, 5) is 7.10. The molecule has 2 aromatic heterocycles. The van der Waals surface area contributed by atoms with E-state index in [-0.39, 0.29) is 0 Å². The van der Waals surface area contributed by atoms with Gasteiger partial charge in [0.05, 0.1) is 10.5 Å². The van der Waals surface area contributed by atoms with Gasteiger partial charge in [0.25, 0.3) is 0 Å². The molecule has 0 N–H and O–H groups in total. The largest absolute Gasteiger partial charge is 0.346 e. The molecule has 0 amide bonds. The van der Waals surface area contributed by atoms with E-state index in [4.69, 9.17) is 23.2 Å². The van der Waals surface area contributed by atoms with Gasteiger partial charge in [-0.2, -0.15) is 0 Å². The first-order valence-electron chi connectivity index (χ1n) is 10.9. The van der Waals surface area contributed by atoms with Crippen LogP contribution in [0.3, 0.4) is 0 Å². The van der Waals surface area contributed by atoms with Crippen molar-refractivity contribution < 1.29 is 0 Å². The Morgan fingerprint density at radius 2 is 1.61 bits per heavy atom. The molecule has 5 heteroatoms. The van der Waals surface area contributed by atoms with E-state index in [1.165, 1.54) is 37.9 Å². The molecule has 0 saturated carbocycles. The third kappa shape index (κ3) is 4.36. The number of likely N-dealkylation sites (tertiary alicyclic amines) is 1. The summed E-state index contributed by atoms with van der Waals surface area (Å²) in [7, 11) is 0. The van der Waals surface area contributed by atoms with Crippen LogP contribution < -0.4 is 0 Å². The first-order chi connectivity index (χ1) is 15.2. The number of hydrogen-bond acceptors (Lipinski definition) is 2. The molecule has 1 aliphatic heterocycles. The third-order valence-electron chi connectivity index (χ3n) is 6.17. The molecule has 0 bridgehead atoms. The molecular formula is C26H25Cl2N3. The highest BCUT2D eigenvalue weighted by Crippen LogP contribution is 2.36. The van der Waals surface area contributed by atoms with Gasteiger partial charge in [0, 0.05) is 58.8 Å². The maximum atomic E-state index is 6.69. The number of piperidine rings is 1. The molecule has 1 fully saturated rings. The zero-order chi connectivity index (χ0) is 21.2. The van der Waals surface area contributed by atoms with Gasteiger partial charge < -0.3 is 9.47 Å². The van der Waals surface area contributed by atoms with Gasteiger partial charge >= 0.3 is 0 Å². The van der Waals surface area contributed by atoms with E-state index in [0.29, 0.717) is 0 Å². The molecule has 5 rings (SSSR count). The second kappa shape index (κ2) is 9.04. The van der Waals surface area contributed by atoms with Gasteiger partial charge in [0.15, 0.2) is 0 Å². The molecule has 4 aromatic rings. The third-order valence-corrected chi connectivity index (χ3v) is 6.72. The predicted octanol–water partition coefficient (Wildman–Crippen LogP) is 7.16. The number of fused-ring (bicyclic) bond motifs is 1. The monoisotopic (exact) mass is 449 g/mol. The highest BCUT2D eigenvalue weighted by molar-refractivity contribution is 6.36. The minimum absolute atomic E-state index is 0.722. The second-order valence-corrected chi connectivity index (χ2v) is 9.09. The van der Waals surface area contributed by atoms with E-state index < -0.39 is 0 Å². The molecule has 0 radical (unpaired) electrons. The van der Waals surface area contributed by atoms with Crippen LogP contribution >= 0.6 is 23.2 Å². The van der Waals surface area contributed by atoms with Crippen molar-refractivity contribution in [2.24, 2.45) is 0 Å². The van der Waals surface area contributed by atoms with Gasteiger partial charge in [-0.05, 0) is 61.8 Å². The molecular weight excluding hydrogens is 425 g/mol. The van der Waals surface area contributed by atoms with Crippen LogP contribution in [0, 0.1) is 0 Å². The van der Waals surface area contributed by atoms with Crippen LogP contribution in [-0.2, 0) is 6.54 Å². The van der Waals surface area contributed by atoms with Crippen LogP contribution in [0.2, 0.25) is 10.0 Å². The second-order valence-electron chi connectivity index (χ2n) is 8.25. The highest BCUT2D eigenvalue weighted by Gasteiger charge is 2.16. The Morgan fingerprint density at radius 3 is 2.45 bits per heavy atom. The van der Waals surface area contributed by atoms with Gasteiger partial charge in [-0.25, -0.2) is 0 Å². The average Bonchev–Trinajstić information content (AvgIpc) is 3.19. The fraction of sp³-hybridized carbons (Fsp3) is 0.269. The number of pyridine rings is 1. The quantitative estimate of drug-likeness (QED) is 0.322. The molecule has 1 saturated heterocycles. The number of aromatic nitrogens is 2. The van der Waals surface area contributed by atoms with Crippen LogP contribution in [0.15, 0.2) is 67.1 Å². The van der Waals surface area contributed by atoms with Gasteiger partial charge in [0.2, 0.25) is 0 Å². The fourth-order valence-electron chi connectivity index (χ4n) is 4.56. The Kier molecular flexibility index (Phi) is 5.99. The molecule has 0 aliphatic carbocycles. The fourth-order valence-corrected chi connectivity index (χ4v) is 5.02. The van der Waals surface area contributed by atoms with E-state index in [1.54, 1.807) is 0 Å². The van der Waals surface area contributed by atoms with Crippen LogP contribution in [0.25, 0.3) is 33.2 Å². The van der Waals surface area contributed by atoms with E-state index in [9.17, 15) is 0 Å². The summed E-state index contributed by atoms with van der Waals surface area (Å²) in [5.41, 5.74) is 5.46. The molecule has 0 spiro atoms. The summed E-state index contributed by atoms with van der Waals surface area (Å²) in [5.74, 6) is 0. The highest BCUT2D eigenvalue weighted by atomic mass is 35.5. The van der Waals surface area contributed by atoms with Crippen LogP contribution in [-0.4, -0.2) is 34.1 Å². The number of benzene rings is 2. The number of rotatable bonds is 5. The first-order valence-corrected chi connectivity index (χ1v) is 11.7. The zero-order valence-corrected chi connectivity index (χ0v) is 18.9. The van der Waals surface area contributed by atoms with Crippen molar-refractivity contribution in [2.45, 2.75) is 25.8 Å². The number of halogens is 2. The average molecular weight is 450 g/mol. The lowest BCUT2D eigenvalue weighted by molar-refractivity contribution is 0.222. The Balaban J connectivity index is 1.53. The topological polar surface area (TPSA) is 21.1 Å². The summed E-state index contributed by atoms with van der Waals surface area (Å²) in [6.45, 7) is 4.44. The molecule has 0 unspecified atom stereocenters. The van der Waals surface area contributed by atoms with Crippen molar-refractivity contribution in [3.05, 3.63) is 77.2 Å². The Bertz CT molecular complexity index is 1210. The summed E-state index contributed by atoms with van der Waals surface area (Å²) < 4.78 is 2.34. The SMILES string of the molecule is Clc1cccc(-c2cncc(-c3cn(CCN4CCCCC4)c4cccc(Cl)c34)c2)c1. The molecule has 31 heavy (non-hydrogen) atoms. The lowest BCUT2D eigenvalue weighted by Crippen LogP contribution is -2.32. The summed E-state index contributed by atoms with van der Waals surface area (Å²) in [6, 6.07) is 16.2. The first kappa shape index (κ1) is 20.6. The lowest BCUT2D eigenvalue weighted by atomic mass is 10.0. The molecule has 3 heterocycles. The van der Waals surface area contributed by atoms with Gasteiger partial charge in [-0.15, -0.1) is 0 Å². The van der Waals surface area contributed by atoms with E-state index in [2.05, 4.69) is 38.8 Å². The van der Waals surface area contributed by atoms with Crippen molar-refractivity contribution in [2.75, 3.05) is 19.6 Å². The number of nitrogens with zero attached hydrogens (tertiary/aromatic N) is 3. The van der Waals surface area contributed by atoms with E-state index >= 15 is 0 Å². The van der Waals surface area contributed by atoms with Crippen LogP contribution in [0.5, 0.6) is 0 Å². The maximum Gasteiger partial charge on any atom is 0.0506 e. The van der Waals surface area contributed by atoms with Gasteiger partial charge in [0.1, 0.15) is 0 Å². The molecule has 2 aromatic carbocycles. The molecule has 0 atom stereocenters. The van der Waals surface area contributed by atoms with E-state index in [1.807, 2.05) is 42.7 Å². The number of hydrogen-bond donors (Lipinski definition) is 0. The molecule has 158 valence electrons. The maximum absolute atomic E-state index is 6.69. The van der Waals surface area contributed by atoms with Crippen molar-refractivity contribution >= 4 is 34.1 Å². The van der Waals surface area contributed by atoms with Gasteiger partial charge in [-0.3, -0.25) is 4.98 Å². The van der Waals surface area contributed by atoms with Gasteiger partial charge in [-0.1, -0.05) is 47.8 Å². The zero-order valence-electron chi connectivity index (χ0n) is 17.4. The van der Waals surface area contributed by atoms with E-state index in [0.717, 1.165) is 50.8 Å². The lowest BCUT2D eigenvalue weighted by Gasteiger charge is -2.26. The summed E-state index contributed by atoms with van der Waals surface area (Å²) in [5, 5.41) is 2.59. The summed E-state index contributed by atoms with van der Waals surface area (Å²) in [6.07, 6.45) is 10.0. The predicted molar refractivity (Wildman–Crippen MR) is 131 cm³/mol. The summed E-state index contributed by atoms with van der Waals surface area (Å²) >= 11 is 12.9. The molecule has 1 aliphatic rings. The van der Waals surface area contributed by atoms with Crippen molar-refractivity contribution in [1.29, 1.82) is 0 Å². The van der Waals surface area contributed by atoms with Crippen LogP contribution in [0.4, 0.5) is 0 Å². The smallest absolute Gasteiger partial charge is 0.0506 e. The van der Waals surface area contributed by atoms with Crippen molar-refractivity contribution in [3.63, 3.8) is 0 Å². The minimum Gasteiger partial charge on any atom is -0.346 e. The Labute approximate surface area is 193 Å². The normalized spacial score (nSPS) is 14.9. The Morgan fingerprint density at radius 1 is 0.806 bits per heavy atom. The minimum atomic E-state index is 0.722. The van der Waals surface area contributed by atoms with Crippen molar-refractivity contribution in [1.82, 2.24) is 14.5 Å². The standard InChI is InChI=1S/C26H25Cl2N3/c27-22-7-4-6-19(15-22)20-14-21(17-29-16-20)23-18-31(13-12-30-10-2-1-3-11-30)25-9-5-8-24(28)26(23)25/h4-9,14-18H,1-3,10-13H2. The van der Waals surface area contributed by atoms with Crippen molar-refractivity contribution in [3.8, 4) is 22.3 Å². The van der Waals surface area contributed by atoms with Crippen LogP contribution in [0.1, 0.15) is 19.3 Å².